The molecule has 2 aromatic heterocycles. The zero-order valence-electron chi connectivity index (χ0n) is 15.5. The van der Waals surface area contributed by atoms with Crippen LogP contribution in [0.5, 0.6) is 0 Å². The number of benzene rings is 2. The van der Waals surface area contributed by atoms with E-state index in [0.717, 1.165) is 27.9 Å². The Kier molecular flexibility index (Phi) is 5.33. The predicted octanol–water partition coefficient (Wildman–Crippen LogP) is 4.81. The number of fused-ring (bicyclic) bond motifs is 1. The monoisotopic (exact) mass is 424 g/mol. The number of anilines is 2. The van der Waals surface area contributed by atoms with Crippen LogP contribution in [0.1, 0.15) is 11.1 Å². The maximum Gasteiger partial charge on any atom is 0.336 e. The van der Waals surface area contributed by atoms with E-state index in [4.69, 9.17) is 28.2 Å². The van der Waals surface area contributed by atoms with Crippen molar-refractivity contribution in [3.63, 3.8) is 0 Å². The molecule has 0 saturated heterocycles. The first-order chi connectivity index (χ1) is 14.0. The Morgan fingerprint density at radius 3 is 2.69 bits per heavy atom. The standard InChI is InChI=1S/C21H17ClN4O2S/c1-13-8-20(27)28-19-9-16(6-7-18(13)19)24-21(29)25-17-10-23-26(12-17)11-14-2-4-15(22)5-3-14/h2-10,12H,11H2,1H3,(H2,24,25,29). The molecule has 4 rings (SSSR count). The average molecular weight is 425 g/mol. The third kappa shape index (κ3) is 4.64. The van der Waals surface area contributed by atoms with Crippen molar-refractivity contribution < 1.29 is 4.42 Å². The first kappa shape index (κ1) is 19.2. The van der Waals surface area contributed by atoms with Gasteiger partial charge in [0.1, 0.15) is 5.58 Å². The topological polar surface area (TPSA) is 72.1 Å². The van der Waals surface area contributed by atoms with E-state index in [1.54, 1.807) is 12.3 Å². The maximum atomic E-state index is 11.6. The van der Waals surface area contributed by atoms with Gasteiger partial charge >= 0.3 is 5.63 Å². The fourth-order valence-corrected chi connectivity index (χ4v) is 3.35. The third-order valence-electron chi connectivity index (χ3n) is 4.36. The summed E-state index contributed by atoms with van der Waals surface area (Å²) in [7, 11) is 0. The zero-order valence-corrected chi connectivity index (χ0v) is 17.1. The van der Waals surface area contributed by atoms with Crippen molar-refractivity contribution in [3.8, 4) is 0 Å². The normalized spacial score (nSPS) is 10.8. The van der Waals surface area contributed by atoms with E-state index in [9.17, 15) is 4.79 Å². The summed E-state index contributed by atoms with van der Waals surface area (Å²) in [6.07, 6.45) is 3.57. The average Bonchev–Trinajstić information content (AvgIpc) is 3.09. The number of aryl methyl sites for hydroxylation is 1. The number of halogens is 1. The van der Waals surface area contributed by atoms with Crippen LogP contribution in [0.3, 0.4) is 0 Å². The molecule has 0 atom stereocenters. The van der Waals surface area contributed by atoms with Crippen LogP contribution in [-0.2, 0) is 6.54 Å². The largest absolute Gasteiger partial charge is 0.423 e. The highest BCUT2D eigenvalue weighted by Gasteiger charge is 2.06. The number of rotatable bonds is 4. The van der Waals surface area contributed by atoms with E-state index < -0.39 is 0 Å². The van der Waals surface area contributed by atoms with Gasteiger partial charge in [-0.05, 0) is 54.5 Å². The maximum absolute atomic E-state index is 11.6. The van der Waals surface area contributed by atoms with E-state index in [0.29, 0.717) is 22.3 Å². The van der Waals surface area contributed by atoms with Gasteiger partial charge in [0.2, 0.25) is 0 Å². The summed E-state index contributed by atoms with van der Waals surface area (Å²) < 4.78 is 7.08. The summed E-state index contributed by atoms with van der Waals surface area (Å²) in [5, 5.41) is 12.5. The summed E-state index contributed by atoms with van der Waals surface area (Å²) in [5.41, 5.74) is 3.59. The van der Waals surface area contributed by atoms with Crippen molar-refractivity contribution in [2.75, 3.05) is 10.6 Å². The Labute approximate surface area is 177 Å². The lowest BCUT2D eigenvalue weighted by molar-refractivity contribution is 0.560. The fraction of sp³-hybridized carbons (Fsp3) is 0.0952. The third-order valence-corrected chi connectivity index (χ3v) is 4.81. The molecule has 2 aromatic carbocycles. The van der Waals surface area contributed by atoms with Gasteiger partial charge in [0.05, 0.1) is 18.4 Å². The molecule has 0 fully saturated rings. The number of nitrogens with zero attached hydrogens (tertiary/aromatic N) is 2. The minimum absolute atomic E-state index is 0.374. The Morgan fingerprint density at radius 2 is 1.90 bits per heavy atom. The van der Waals surface area contributed by atoms with Crippen molar-refractivity contribution in [1.82, 2.24) is 9.78 Å². The summed E-state index contributed by atoms with van der Waals surface area (Å²) in [4.78, 5) is 11.6. The molecule has 0 aliphatic rings. The molecule has 0 amide bonds. The van der Waals surface area contributed by atoms with Crippen molar-refractivity contribution in [2.24, 2.45) is 0 Å². The first-order valence-corrected chi connectivity index (χ1v) is 9.64. The molecule has 0 spiro atoms. The number of nitrogens with one attached hydrogen (secondary N) is 2. The van der Waals surface area contributed by atoms with Gasteiger partial charge in [-0.25, -0.2) is 4.79 Å². The molecule has 0 unspecified atom stereocenters. The van der Waals surface area contributed by atoms with E-state index >= 15 is 0 Å². The smallest absolute Gasteiger partial charge is 0.336 e. The molecular weight excluding hydrogens is 408 g/mol. The molecule has 0 radical (unpaired) electrons. The van der Waals surface area contributed by atoms with Crippen molar-refractivity contribution in [3.05, 3.63) is 87.5 Å². The molecule has 4 aromatic rings. The van der Waals surface area contributed by atoms with Crippen molar-refractivity contribution >= 4 is 51.3 Å². The molecule has 2 N–H and O–H groups in total. The van der Waals surface area contributed by atoms with Crippen LogP contribution >= 0.6 is 23.8 Å². The van der Waals surface area contributed by atoms with Gasteiger partial charge in [0.25, 0.3) is 0 Å². The molecule has 146 valence electrons. The van der Waals surface area contributed by atoms with Crippen molar-refractivity contribution in [2.45, 2.75) is 13.5 Å². The molecule has 0 aliphatic heterocycles. The molecule has 0 saturated carbocycles. The second-order valence-electron chi connectivity index (χ2n) is 6.59. The fourth-order valence-electron chi connectivity index (χ4n) is 2.99. The van der Waals surface area contributed by atoms with Gasteiger partial charge in [-0.1, -0.05) is 23.7 Å². The Bertz CT molecular complexity index is 1250. The summed E-state index contributed by atoms with van der Waals surface area (Å²) >= 11 is 11.3. The van der Waals surface area contributed by atoms with Gasteiger partial charge in [-0.3, -0.25) is 4.68 Å². The molecule has 0 bridgehead atoms. The van der Waals surface area contributed by atoms with E-state index in [-0.39, 0.29) is 5.63 Å². The number of aromatic nitrogens is 2. The van der Waals surface area contributed by atoms with E-state index in [1.165, 1.54) is 6.07 Å². The Hall–Kier alpha value is -3.16. The van der Waals surface area contributed by atoms with Gasteiger partial charge in [0.15, 0.2) is 5.11 Å². The second-order valence-corrected chi connectivity index (χ2v) is 7.44. The van der Waals surface area contributed by atoms with Gasteiger partial charge < -0.3 is 15.1 Å². The number of hydrogen-bond acceptors (Lipinski definition) is 4. The Morgan fingerprint density at radius 1 is 1.14 bits per heavy atom. The van der Waals surface area contributed by atoms with Crippen LogP contribution in [0, 0.1) is 6.92 Å². The molecule has 6 nitrogen and oxygen atoms in total. The van der Waals surface area contributed by atoms with E-state index in [1.807, 2.05) is 54.2 Å². The SMILES string of the molecule is Cc1cc(=O)oc2cc(NC(=S)Nc3cnn(Cc4ccc(Cl)cc4)c3)ccc12. The summed E-state index contributed by atoms with van der Waals surface area (Å²) in [6, 6.07) is 14.6. The summed E-state index contributed by atoms with van der Waals surface area (Å²) in [5.74, 6) is 0. The van der Waals surface area contributed by atoms with Crippen LogP contribution in [0.15, 0.2) is 70.1 Å². The molecular formula is C21H17ClN4O2S. The number of thiocarbonyl (C=S) groups is 1. The Balaban J connectivity index is 1.42. The lowest BCUT2D eigenvalue weighted by Crippen LogP contribution is -2.18. The molecule has 0 aliphatic carbocycles. The lowest BCUT2D eigenvalue weighted by atomic mass is 10.1. The highest BCUT2D eigenvalue weighted by Crippen LogP contribution is 2.21. The molecule has 29 heavy (non-hydrogen) atoms. The van der Waals surface area contributed by atoms with E-state index in [2.05, 4.69) is 15.7 Å². The van der Waals surface area contributed by atoms with Crippen LogP contribution in [-0.4, -0.2) is 14.9 Å². The summed E-state index contributed by atoms with van der Waals surface area (Å²) in [6.45, 7) is 2.50. The van der Waals surface area contributed by atoms with Crippen LogP contribution < -0.4 is 16.3 Å². The van der Waals surface area contributed by atoms with Gasteiger partial charge in [0, 0.05) is 34.4 Å². The minimum atomic E-state index is -0.374. The number of hydrogen-bond donors (Lipinski definition) is 2. The second kappa shape index (κ2) is 8.06. The van der Waals surface area contributed by atoms with Crippen molar-refractivity contribution in [1.29, 1.82) is 0 Å². The quantitative estimate of drug-likeness (QED) is 0.362. The van der Waals surface area contributed by atoms with Crippen LogP contribution in [0.2, 0.25) is 5.02 Å². The molecule has 2 heterocycles. The van der Waals surface area contributed by atoms with Crippen LogP contribution in [0.4, 0.5) is 11.4 Å². The molecule has 8 heteroatoms. The highest BCUT2D eigenvalue weighted by molar-refractivity contribution is 7.80. The van der Waals surface area contributed by atoms with Gasteiger partial charge in [-0.2, -0.15) is 5.10 Å². The lowest BCUT2D eigenvalue weighted by Gasteiger charge is -2.10. The highest BCUT2D eigenvalue weighted by atomic mass is 35.5. The first-order valence-electron chi connectivity index (χ1n) is 8.86. The predicted molar refractivity (Wildman–Crippen MR) is 120 cm³/mol. The van der Waals surface area contributed by atoms with Gasteiger partial charge in [-0.15, -0.1) is 0 Å². The van der Waals surface area contributed by atoms with Crippen LogP contribution in [0.25, 0.3) is 11.0 Å². The minimum Gasteiger partial charge on any atom is -0.423 e. The zero-order chi connectivity index (χ0) is 20.4.